The molecule has 2 heterocycles. The third-order valence-electron chi connectivity index (χ3n) is 3.85. The van der Waals surface area contributed by atoms with Crippen LogP contribution in [0.5, 0.6) is 0 Å². The molecule has 3 rings (SSSR count). The summed E-state index contributed by atoms with van der Waals surface area (Å²) in [6, 6.07) is 11.9. The van der Waals surface area contributed by atoms with E-state index in [2.05, 4.69) is 52.5 Å². The van der Waals surface area contributed by atoms with E-state index < -0.39 is 0 Å². The Kier molecular flexibility index (Phi) is 4.09. The molecule has 1 aromatic carbocycles. The van der Waals surface area contributed by atoms with Crippen molar-refractivity contribution in [3.05, 3.63) is 35.9 Å². The second kappa shape index (κ2) is 5.97. The number of nitrogens with zero attached hydrogens (tertiary/aromatic N) is 2. The maximum atomic E-state index is 4.48. The molecular weight excluding hydrogens is 254 g/mol. The third-order valence-corrected chi connectivity index (χ3v) is 4.75. The smallest absolute Gasteiger partial charge is 0.156 e. The summed E-state index contributed by atoms with van der Waals surface area (Å²) in [6.07, 6.45) is 1.21. The summed E-state index contributed by atoms with van der Waals surface area (Å²) in [6.45, 7) is 5.48. The van der Waals surface area contributed by atoms with Gasteiger partial charge in [0.1, 0.15) is 0 Å². The number of amidine groups is 1. The maximum absolute atomic E-state index is 4.48. The van der Waals surface area contributed by atoms with Crippen LogP contribution in [-0.2, 0) is 6.54 Å². The lowest BCUT2D eigenvalue weighted by molar-refractivity contribution is 0.258. The molecule has 2 unspecified atom stereocenters. The van der Waals surface area contributed by atoms with Gasteiger partial charge in [-0.15, -0.1) is 0 Å². The third kappa shape index (κ3) is 3.31. The van der Waals surface area contributed by atoms with Crippen LogP contribution in [0.25, 0.3) is 0 Å². The molecule has 19 heavy (non-hydrogen) atoms. The molecule has 2 aliphatic rings. The van der Waals surface area contributed by atoms with Crippen molar-refractivity contribution in [3.63, 3.8) is 0 Å². The van der Waals surface area contributed by atoms with Crippen molar-refractivity contribution in [2.24, 2.45) is 4.99 Å². The van der Waals surface area contributed by atoms with Gasteiger partial charge in [-0.3, -0.25) is 9.89 Å². The summed E-state index contributed by atoms with van der Waals surface area (Å²) >= 11 is 1.86. The first kappa shape index (κ1) is 13.0. The molecule has 2 atom stereocenters. The fourth-order valence-corrected chi connectivity index (χ4v) is 3.65. The van der Waals surface area contributed by atoms with E-state index in [-0.39, 0.29) is 0 Å². The molecule has 0 amide bonds. The molecule has 1 saturated heterocycles. The van der Waals surface area contributed by atoms with Gasteiger partial charge in [-0.25, -0.2) is 0 Å². The van der Waals surface area contributed by atoms with Gasteiger partial charge in [-0.1, -0.05) is 42.1 Å². The van der Waals surface area contributed by atoms with E-state index in [1.54, 1.807) is 0 Å². The summed E-state index contributed by atoms with van der Waals surface area (Å²) in [4.78, 5) is 7.05. The van der Waals surface area contributed by atoms with Crippen LogP contribution in [0.1, 0.15) is 18.9 Å². The van der Waals surface area contributed by atoms with E-state index in [1.807, 2.05) is 11.8 Å². The maximum Gasteiger partial charge on any atom is 0.156 e. The van der Waals surface area contributed by atoms with E-state index >= 15 is 0 Å². The Morgan fingerprint density at radius 1 is 1.37 bits per heavy atom. The minimum absolute atomic E-state index is 0.558. The SMILES string of the molecule is CC1CC(NC2=NCCS2)CN1Cc1ccccc1. The van der Waals surface area contributed by atoms with E-state index in [1.165, 1.54) is 12.0 Å². The van der Waals surface area contributed by atoms with Crippen LogP contribution < -0.4 is 5.32 Å². The standard InChI is InChI=1S/C15H21N3S/c1-12-9-14(17-15-16-7-8-19-15)11-18(12)10-13-5-3-2-4-6-13/h2-6,12,14H,7-11H2,1H3,(H,16,17). The Morgan fingerprint density at radius 3 is 2.95 bits per heavy atom. The van der Waals surface area contributed by atoms with Gasteiger partial charge in [0, 0.05) is 30.9 Å². The molecule has 2 aliphatic heterocycles. The van der Waals surface area contributed by atoms with Crippen LogP contribution >= 0.6 is 11.8 Å². The Labute approximate surface area is 119 Å². The van der Waals surface area contributed by atoms with Crippen LogP contribution in [0.2, 0.25) is 0 Å². The Hall–Kier alpha value is -1.00. The highest BCUT2D eigenvalue weighted by atomic mass is 32.2. The highest BCUT2D eigenvalue weighted by Crippen LogP contribution is 2.21. The second-order valence-electron chi connectivity index (χ2n) is 5.38. The molecule has 1 aromatic rings. The first-order chi connectivity index (χ1) is 9.31. The molecule has 3 nitrogen and oxygen atoms in total. The largest absolute Gasteiger partial charge is 0.361 e. The van der Waals surface area contributed by atoms with Crippen LogP contribution in [0, 0.1) is 0 Å². The first-order valence-electron chi connectivity index (χ1n) is 7.03. The monoisotopic (exact) mass is 275 g/mol. The number of aliphatic imine (C=N–C) groups is 1. The van der Waals surface area contributed by atoms with Gasteiger partial charge in [-0.05, 0) is 18.9 Å². The average Bonchev–Trinajstić information content (AvgIpc) is 3.02. The van der Waals surface area contributed by atoms with Crippen molar-refractivity contribution in [3.8, 4) is 0 Å². The molecular formula is C15H21N3S. The van der Waals surface area contributed by atoms with Gasteiger partial charge in [0.05, 0.1) is 6.54 Å². The fraction of sp³-hybridized carbons (Fsp3) is 0.533. The molecule has 0 saturated carbocycles. The number of rotatable bonds is 3. The van der Waals surface area contributed by atoms with Gasteiger partial charge >= 0.3 is 0 Å². The zero-order valence-corrected chi connectivity index (χ0v) is 12.2. The predicted octanol–water partition coefficient (Wildman–Crippen LogP) is 2.34. The van der Waals surface area contributed by atoms with Crippen molar-refractivity contribution in [2.75, 3.05) is 18.8 Å². The average molecular weight is 275 g/mol. The normalized spacial score (nSPS) is 27.5. The van der Waals surface area contributed by atoms with E-state index in [4.69, 9.17) is 0 Å². The zero-order valence-electron chi connectivity index (χ0n) is 11.4. The van der Waals surface area contributed by atoms with Gasteiger partial charge in [-0.2, -0.15) is 0 Å². The van der Waals surface area contributed by atoms with Crippen molar-refractivity contribution in [1.82, 2.24) is 10.2 Å². The summed E-state index contributed by atoms with van der Waals surface area (Å²) < 4.78 is 0. The second-order valence-corrected chi connectivity index (χ2v) is 6.46. The highest BCUT2D eigenvalue weighted by Gasteiger charge is 2.29. The number of benzene rings is 1. The molecule has 0 spiro atoms. The molecule has 0 aliphatic carbocycles. The summed E-state index contributed by atoms with van der Waals surface area (Å²) in [5.74, 6) is 1.14. The minimum Gasteiger partial charge on any atom is -0.361 e. The van der Waals surface area contributed by atoms with Crippen LogP contribution in [0.3, 0.4) is 0 Å². The Balaban J connectivity index is 1.56. The molecule has 0 aromatic heterocycles. The number of likely N-dealkylation sites (tertiary alicyclic amines) is 1. The van der Waals surface area contributed by atoms with Crippen molar-refractivity contribution >= 4 is 16.9 Å². The number of hydrogen-bond acceptors (Lipinski definition) is 4. The van der Waals surface area contributed by atoms with Gasteiger partial charge in [0.2, 0.25) is 0 Å². The topological polar surface area (TPSA) is 27.6 Å². The molecule has 0 radical (unpaired) electrons. The quantitative estimate of drug-likeness (QED) is 0.917. The van der Waals surface area contributed by atoms with E-state index in [0.717, 1.165) is 30.6 Å². The predicted molar refractivity (Wildman–Crippen MR) is 82.6 cm³/mol. The number of nitrogens with one attached hydrogen (secondary N) is 1. The van der Waals surface area contributed by atoms with Crippen molar-refractivity contribution in [1.29, 1.82) is 0 Å². The molecule has 1 fully saturated rings. The minimum atomic E-state index is 0.558. The van der Waals surface area contributed by atoms with Crippen LogP contribution in [-0.4, -0.2) is 41.0 Å². The lowest BCUT2D eigenvalue weighted by Gasteiger charge is -2.20. The number of thioether (sulfide) groups is 1. The van der Waals surface area contributed by atoms with Gasteiger partial charge in [0.15, 0.2) is 5.17 Å². The first-order valence-corrected chi connectivity index (χ1v) is 8.01. The Bertz CT molecular complexity index is 446. The molecule has 4 heteroatoms. The summed E-state index contributed by atoms with van der Waals surface area (Å²) in [5, 5.41) is 4.75. The fourth-order valence-electron chi connectivity index (χ4n) is 2.84. The lowest BCUT2D eigenvalue weighted by atomic mass is 10.2. The zero-order chi connectivity index (χ0) is 13.1. The van der Waals surface area contributed by atoms with Gasteiger partial charge in [0.25, 0.3) is 0 Å². The summed E-state index contributed by atoms with van der Waals surface area (Å²) in [5.41, 5.74) is 1.41. The van der Waals surface area contributed by atoms with E-state index in [9.17, 15) is 0 Å². The number of hydrogen-bond donors (Lipinski definition) is 1. The van der Waals surface area contributed by atoms with Crippen molar-refractivity contribution < 1.29 is 0 Å². The lowest BCUT2D eigenvalue weighted by Crippen LogP contribution is -2.35. The molecule has 102 valence electrons. The van der Waals surface area contributed by atoms with E-state index in [0.29, 0.717) is 12.1 Å². The van der Waals surface area contributed by atoms with Crippen LogP contribution in [0.15, 0.2) is 35.3 Å². The highest BCUT2D eigenvalue weighted by molar-refractivity contribution is 8.14. The molecule has 1 N–H and O–H groups in total. The van der Waals surface area contributed by atoms with Gasteiger partial charge < -0.3 is 5.32 Å². The summed E-state index contributed by atoms with van der Waals surface area (Å²) in [7, 11) is 0. The Morgan fingerprint density at radius 2 is 2.21 bits per heavy atom. The molecule has 0 bridgehead atoms. The van der Waals surface area contributed by atoms with Crippen LogP contribution in [0.4, 0.5) is 0 Å². The van der Waals surface area contributed by atoms with Crippen molar-refractivity contribution in [2.45, 2.75) is 32.0 Å².